The monoisotopic (exact) mass is 387 g/mol. The molecule has 3 heteroatoms. The van der Waals surface area contributed by atoms with Crippen LogP contribution in [0, 0.1) is 6.92 Å². The first-order valence-electron chi connectivity index (χ1n) is 8.85. The van der Waals surface area contributed by atoms with Crippen LogP contribution in [-0.2, 0) is 16.8 Å². The molecule has 1 unspecified atom stereocenters. The van der Waals surface area contributed by atoms with Crippen LogP contribution in [0.5, 0.6) is 0 Å². The fourth-order valence-electron chi connectivity index (χ4n) is 4.27. The Labute approximate surface area is 161 Å². The molecule has 1 N–H and O–H groups in total. The maximum absolute atomic E-state index is 4.04. The van der Waals surface area contributed by atoms with Crippen LogP contribution in [0.1, 0.15) is 47.2 Å². The number of fused-ring (bicyclic) bond motifs is 1. The minimum Gasteiger partial charge on any atom is -0.0149 e. The van der Waals surface area contributed by atoms with Crippen molar-refractivity contribution in [2.75, 3.05) is 0 Å². The van der Waals surface area contributed by atoms with Crippen LogP contribution in [0.25, 0.3) is 11.6 Å². The summed E-state index contributed by atoms with van der Waals surface area (Å²) in [5.74, 6) is 0. The Morgan fingerprint density at radius 3 is 2.16 bits per heavy atom. The molecule has 0 radical (unpaired) electrons. The van der Waals surface area contributed by atoms with Crippen LogP contribution < -0.4 is 3.80 Å². The molecule has 0 amide bonds. The van der Waals surface area contributed by atoms with E-state index in [-0.39, 0.29) is 16.5 Å². The number of allylic oxidation sites excluding steroid dienone is 1. The van der Waals surface area contributed by atoms with E-state index in [9.17, 15) is 0 Å². The third-order valence-corrected chi connectivity index (χ3v) is 10.2. The fraction of sp³-hybridized carbons (Fsp3) is 0.364. The molecule has 0 heterocycles. The minimum atomic E-state index is -2.34. The Kier molecular flexibility index (Phi) is 6.00. The molecule has 1 aliphatic carbocycles. The predicted molar refractivity (Wildman–Crippen MR) is 114 cm³/mol. The molecule has 0 aromatic heterocycles. The van der Waals surface area contributed by atoms with Crippen LogP contribution in [-0.4, -0.2) is 16.5 Å². The summed E-state index contributed by atoms with van der Waals surface area (Å²) < 4.78 is 4.57. The smallest absolute Gasteiger partial charge is 0.0149 e. The Morgan fingerprint density at radius 2 is 1.52 bits per heavy atom. The van der Waals surface area contributed by atoms with E-state index in [1.54, 1.807) is 0 Å². The van der Waals surface area contributed by atoms with Gasteiger partial charge in [0.15, 0.2) is 0 Å². The van der Waals surface area contributed by atoms with E-state index < -0.39 is 16.8 Å². The van der Waals surface area contributed by atoms with Gasteiger partial charge >= 0.3 is 151 Å². The van der Waals surface area contributed by atoms with E-state index >= 15 is 0 Å². The van der Waals surface area contributed by atoms with Crippen molar-refractivity contribution in [3.05, 3.63) is 70.8 Å². The van der Waals surface area contributed by atoms with Crippen molar-refractivity contribution in [3.8, 4) is 0 Å². The van der Waals surface area contributed by atoms with Gasteiger partial charge < -0.3 is 0 Å². The molecule has 0 aliphatic heterocycles. The molecule has 2 aromatic rings. The zero-order chi connectivity index (χ0) is 17.5. The molecule has 2 aromatic carbocycles. The van der Waals surface area contributed by atoms with Crippen LogP contribution in [0.4, 0.5) is 0 Å². The first-order chi connectivity index (χ1) is 11.2. The molecule has 0 fully saturated rings. The second-order valence-corrected chi connectivity index (χ2v) is 15.2. The molecule has 0 saturated heterocycles. The number of hydrogen-bond acceptors (Lipinski definition) is 1. The average molecular weight is 387 g/mol. The quantitative estimate of drug-likeness (QED) is 0.754. The molecule has 0 bridgehead atoms. The van der Waals surface area contributed by atoms with Crippen LogP contribution in [0.15, 0.2) is 48.5 Å². The Morgan fingerprint density at radius 1 is 0.920 bits per heavy atom. The van der Waals surface area contributed by atoms with Crippen molar-refractivity contribution in [1.29, 1.82) is 0 Å². The molecule has 134 valence electrons. The largest absolute Gasteiger partial charge is 0.0149 e. The van der Waals surface area contributed by atoms with Gasteiger partial charge in [0.25, 0.3) is 0 Å². The van der Waals surface area contributed by atoms with Crippen molar-refractivity contribution in [2.24, 2.45) is 0 Å². The van der Waals surface area contributed by atoms with Gasteiger partial charge in [0.2, 0.25) is 0 Å². The van der Waals surface area contributed by atoms with Crippen LogP contribution in [0.3, 0.4) is 0 Å². The van der Waals surface area contributed by atoms with Gasteiger partial charge in [0.05, 0.1) is 0 Å². The van der Waals surface area contributed by atoms with Gasteiger partial charge in [-0.05, 0) is 11.0 Å². The third-order valence-electron chi connectivity index (χ3n) is 4.80. The Hall–Kier alpha value is -0.929. The zero-order valence-electron chi connectivity index (χ0n) is 15.8. The maximum Gasteiger partial charge on any atom is -0.0149 e. The van der Waals surface area contributed by atoms with E-state index in [4.69, 9.17) is 0 Å². The fourth-order valence-corrected chi connectivity index (χ4v) is 10.7. The van der Waals surface area contributed by atoms with E-state index in [1.807, 2.05) is 0 Å². The van der Waals surface area contributed by atoms with Gasteiger partial charge in [-0.15, -0.1) is 0 Å². The molecule has 0 spiro atoms. The maximum atomic E-state index is 4.04. The number of nitrogens with one attached hydrogen (secondary N) is 1. The van der Waals surface area contributed by atoms with Crippen molar-refractivity contribution in [3.63, 3.8) is 0 Å². The summed E-state index contributed by atoms with van der Waals surface area (Å²) in [6.07, 6.45) is 2.43. The minimum absolute atomic E-state index is 0. The summed E-state index contributed by atoms with van der Waals surface area (Å²) in [5.41, 5.74) is 7.35. The molecule has 1 atom stereocenters. The van der Waals surface area contributed by atoms with Gasteiger partial charge in [0, 0.05) is 0 Å². The second kappa shape index (κ2) is 7.36. The van der Waals surface area contributed by atoms with E-state index in [1.165, 1.54) is 27.8 Å². The van der Waals surface area contributed by atoms with Crippen molar-refractivity contribution in [2.45, 2.75) is 47.9 Å². The summed E-state index contributed by atoms with van der Waals surface area (Å²) in [6, 6.07) is 17.8. The summed E-state index contributed by atoms with van der Waals surface area (Å²) in [4.78, 5) is 0. The van der Waals surface area contributed by atoms with E-state index in [0.29, 0.717) is 4.22 Å². The van der Waals surface area contributed by atoms with Gasteiger partial charge in [-0.1, -0.05) is 0 Å². The predicted octanol–water partition coefficient (Wildman–Crippen LogP) is 4.69. The molecular formula is C22H33NSiTi. The van der Waals surface area contributed by atoms with Gasteiger partial charge in [-0.3, -0.25) is 0 Å². The second-order valence-electron chi connectivity index (χ2n) is 8.57. The Bertz CT molecular complexity index is 787. The molecular weight excluding hydrogens is 354 g/mol. The molecule has 0 saturated carbocycles. The summed E-state index contributed by atoms with van der Waals surface area (Å²) in [7, 11) is 0. The van der Waals surface area contributed by atoms with Crippen molar-refractivity contribution in [1.82, 2.24) is 3.80 Å². The van der Waals surface area contributed by atoms with Crippen LogP contribution in [0.2, 0.25) is 10.5 Å². The van der Waals surface area contributed by atoms with Gasteiger partial charge in [-0.2, -0.15) is 0 Å². The van der Waals surface area contributed by atoms with E-state index in [0.717, 1.165) is 0 Å². The van der Waals surface area contributed by atoms with Crippen molar-refractivity contribution < 1.29 is 16.8 Å². The molecule has 1 aliphatic rings. The molecule has 25 heavy (non-hydrogen) atoms. The summed E-state index contributed by atoms with van der Waals surface area (Å²) in [6.45, 7) is 9.10. The number of rotatable bonds is 3. The third kappa shape index (κ3) is 4.25. The number of aryl methyl sites for hydroxylation is 1. The van der Waals surface area contributed by atoms with Gasteiger partial charge in [-0.25, -0.2) is 0 Å². The SMILES string of the molecule is Cc1ccccc1C1=Cc2ccccc2[CH]1[Ti]([CH3])([CH3])[NH]C(C)(C)C.[SiH4]. The van der Waals surface area contributed by atoms with Crippen LogP contribution >= 0.6 is 0 Å². The number of benzene rings is 2. The number of hydrogen-bond donors (Lipinski definition) is 1. The van der Waals surface area contributed by atoms with Gasteiger partial charge in [0.1, 0.15) is 0 Å². The molecule has 3 rings (SSSR count). The summed E-state index contributed by atoms with van der Waals surface area (Å²) >= 11 is -2.34. The summed E-state index contributed by atoms with van der Waals surface area (Å²) in [5, 5.41) is 5.04. The first kappa shape index (κ1) is 20.4. The molecule has 1 nitrogen and oxygen atoms in total. The normalized spacial score (nSPS) is 16.9. The van der Waals surface area contributed by atoms with Crippen molar-refractivity contribution >= 4 is 22.6 Å². The topological polar surface area (TPSA) is 12.0 Å². The standard InChI is InChI=1S/C16H13.C4H10N.2CH3.H4Si.Ti/c1-12-6-2-5-9-16(12)15-10-13-7-3-4-8-14(13)11-15;1-4(2,3)5;;;;/h2-11H,1H3;5H,1-3H3;2*1H3;1H4;/q;-1;;;;+1. The average Bonchev–Trinajstić information content (AvgIpc) is 2.85. The first-order valence-corrected chi connectivity index (χ1v) is 13.7. The Balaban J connectivity index is 0.00000225. The zero-order valence-corrected chi connectivity index (χ0v) is 17.3. The van der Waals surface area contributed by atoms with E-state index in [2.05, 4.69) is 96.6 Å².